The van der Waals surface area contributed by atoms with Gasteiger partial charge >= 0.3 is 0 Å². The molecule has 0 unspecified atom stereocenters. The largest absolute Gasteiger partial charge is 0.497 e. The Morgan fingerprint density at radius 3 is 2.48 bits per heavy atom. The van der Waals surface area contributed by atoms with Gasteiger partial charge in [-0.2, -0.15) is 5.10 Å². The summed E-state index contributed by atoms with van der Waals surface area (Å²) >= 11 is 0. The average Bonchev–Trinajstić information content (AvgIpc) is 3.08. The van der Waals surface area contributed by atoms with Gasteiger partial charge in [0.2, 0.25) is 5.91 Å². The number of amides is 1. The van der Waals surface area contributed by atoms with Crippen molar-refractivity contribution in [1.82, 2.24) is 25.3 Å². The summed E-state index contributed by atoms with van der Waals surface area (Å²) in [5, 5.41) is 18.8. The van der Waals surface area contributed by atoms with Gasteiger partial charge in [0.1, 0.15) is 11.6 Å². The number of anilines is 1. The lowest BCUT2D eigenvalue weighted by Gasteiger charge is -2.08. The van der Waals surface area contributed by atoms with Crippen LogP contribution in [0.25, 0.3) is 5.82 Å². The van der Waals surface area contributed by atoms with E-state index < -0.39 is 0 Å². The molecule has 3 rings (SSSR count). The van der Waals surface area contributed by atoms with Gasteiger partial charge in [0.05, 0.1) is 12.8 Å². The molecule has 3 aromatic rings. The third-order valence-electron chi connectivity index (χ3n) is 4.43. The smallest absolute Gasteiger partial charge is 0.220 e. The van der Waals surface area contributed by atoms with Crippen molar-refractivity contribution >= 4 is 11.7 Å². The molecule has 2 aromatic heterocycles. The predicted molar refractivity (Wildman–Crippen MR) is 111 cm³/mol. The Hall–Kier alpha value is -3.42. The van der Waals surface area contributed by atoms with E-state index in [9.17, 15) is 4.79 Å². The van der Waals surface area contributed by atoms with E-state index in [0.29, 0.717) is 37.6 Å². The van der Waals surface area contributed by atoms with Gasteiger partial charge in [-0.1, -0.05) is 12.1 Å². The third kappa shape index (κ3) is 5.78. The fourth-order valence-corrected chi connectivity index (χ4v) is 2.92. The Morgan fingerprint density at radius 2 is 1.86 bits per heavy atom. The molecule has 0 aliphatic carbocycles. The summed E-state index contributed by atoms with van der Waals surface area (Å²) in [5.74, 6) is 2.17. The lowest BCUT2D eigenvalue weighted by Crippen LogP contribution is -2.29. The number of nitrogens with one attached hydrogen (secondary N) is 2. The molecule has 0 aliphatic rings. The van der Waals surface area contributed by atoms with Crippen molar-refractivity contribution in [3.8, 4) is 11.6 Å². The molecule has 152 valence electrons. The van der Waals surface area contributed by atoms with Gasteiger partial charge in [0.15, 0.2) is 5.82 Å². The number of aromatic nitrogens is 4. The summed E-state index contributed by atoms with van der Waals surface area (Å²) in [5.41, 5.74) is 3.06. The van der Waals surface area contributed by atoms with Crippen molar-refractivity contribution in [1.29, 1.82) is 0 Å². The molecular weight excluding hydrogens is 368 g/mol. The number of ether oxygens (including phenoxy) is 1. The zero-order chi connectivity index (χ0) is 20.6. The summed E-state index contributed by atoms with van der Waals surface area (Å²) < 4.78 is 6.89. The molecule has 0 fully saturated rings. The van der Waals surface area contributed by atoms with E-state index in [1.165, 1.54) is 0 Å². The van der Waals surface area contributed by atoms with E-state index in [0.717, 1.165) is 22.7 Å². The molecule has 1 aromatic carbocycles. The first-order chi connectivity index (χ1) is 14.0. The summed E-state index contributed by atoms with van der Waals surface area (Å²) in [4.78, 5) is 12.0. The van der Waals surface area contributed by atoms with Crippen LogP contribution < -0.4 is 15.4 Å². The Kier molecular flexibility index (Phi) is 6.78. The molecule has 1 amide bonds. The quantitative estimate of drug-likeness (QED) is 0.542. The van der Waals surface area contributed by atoms with Crippen LogP contribution in [0.2, 0.25) is 0 Å². The van der Waals surface area contributed by atoms with Crippen molar-refractivity contribution in [2.45, 2.75) is 26.7 Å². The molecule has 0 aliphatic heterocycles. The fourth-order valence-electron chi connectivity index (χ4n) is 2.92. The number of nitrogens with zero attached hydrogens (tertiary/aromatic N) is 4. The molecular formula is C21H26N6O2. The molecule has 0 saturated heterocycles. The molecule has 8 heteroatoms. The fraction of sp³-hybridized carbons (Fsp3) is 0.333. The summed E-state index contributed by atoms with van der Waals surface area (Å²) in [6, 6.07) is 13.5. The highest BCUT2D eigenvalue weighted by Crippen LogP contribution is 2.12. The summed E-state index contributed by atoms with van der Waals surface area (Å²) in [7, 11) is 1.64. The minimum absolute atomic E-state index is 0.0218. The second kappa shape index (κ2) is 9.68. The van der Waals surface area contributed by atoms with Gasteiger partial charge in [0.25, 0.3) is 0 Å². The summed E-state index contributed by atoms with van der Waals surface area (Å²) in [6.45, 7) is 5.01. The van der Waals surface area contributed by atoms with E-state index >= 15 is 0 Å². The van der Waals surface area contributed by atoms with Crippen LogP contribution >= 0.6 is 0 Å². The van der Waals surface area contributed by atoms with Crippen molar-refractivity contribution in [3.05, 3.63) is 59.4 Å². The molecule has 8 nitrogen and oxygen atoms in total. The number of hydrogen-bond donors (Lipinski definition) is 2. The maximum absolute atomic E-state index is 12.0. The van der Waals surface area contributed by atoms with Crippen LogP contribution in [0.15, 0.2) is 42.5 Å². The van der Waals surface area contributed by atoms with Crippen LogP contribution in [0.1, 0.15) is 23.4 Å². The van der Waals surface area contributed by atoms with Gasteiger partial charge in [-0.25, -0.2) is 4.68 Å². The first-order valence-electron chi connectivity index (χ1n) is 9.56. The number of aryl methyl sites for hydroxylation is 3. The van der Waals surface area contributed by atoms with E-state index in [1.807, 2.05) is 56.3 Å². The number of carbonyl (C=O) groups is 1. The van der Waals surface area contributed by atoms with Crippen molar-refractivity contribution in [3.63, 3.8) is 0 Å². The highest BCUT2D eigenvalue weighted by atomic mass is 16.5. The van der Waals surface area contributed by atoms with Crippen LogP contribution in [0.4, 0.5) is 5.82 Å². The Balaban J connectivity index is 1.37. The number of carbonyl (C=O) groups excluding carboxylic acids is 1. The first-order valence-corrected chi connectivity index (χ1v) is 9.56. The Morgan fingerprint density at radius 1 is 1.07 bits per heavy atom. The molecule has 29 heavy (non-hydrogen) atoms. The van der Waals surface area contributed by atoms with Gasteiger partial charge in [-0.3, -0.25) is 4.79 Å². The molecule has 0 bridgehead atoms. The minimum Gasteiger partial charge on any atom is -0.497 e. The second-order valence-corrected chi connectivity index (χ2v) is 6.74. The highest BCUT2D eigenvalue weighted by molar-refractivity contribution is 5.76. The molecule has 0 saturated carbocycles. The first kappa shape index (κ1) is 20.3. The standard InChI is InChI=1S/C21H26N6O2/c1-15-14-16(2)27(26-15)20-10-9-19(24-25-20)22-12-13-23-21(28)11-6-17-4-7-18(29-3)8-5-17/h4-5,7-10,14H,6,11-13H2,1-3H3,(H,22,24)(H,23,28). The zero-order valence-corrected chi connectivity index (χ0v) is 17.0. The summed E-state index contributed by atoms with van der Waals surface area (Å²) in [6.07, 6.45) is 1.14. The third-order valence-corrected chi connectivity index (χ3v) is 4.43. The normalized spacial score (nSPS) is 10.6. The SMILES string of the molecule is COc1ccc(CCC(=O)NCCNc2ccc(-n3nc(C)cc3C)nn2)cc1. The van der Waals surface area contributed by atoms with Crippen LogP contribution in [0.3, 0.4) is 0 Å². The predicted octanol–water partition coefficient (Wildman–Crippen LogP) is 2.45. The van der Waals surface area contributed by atoms with Crippen LogP contribution in [-0.4, -0.2) is 46.1 Å². The van der Waals surface area contributed by atoms with Gasteiger partial charge in [0, 0.05) is 25.2 Å². The van der Waals surface area contributed by atoms with Gasteiger partial charge in [-0.05, 0) is 56.2 Å². The van der Waals surface area contributed by atoms with E-state index in [1.54, 1.807) is 11.8 Å². The Bertz CT molecular complexity index is 935. The number of rotatable bonds is 9. The zero-order valence-electron chi connectivity index (χ0n) is 17.0. The van der Waals surface area contributed by atoms with Crippen molar-refractivity contribution in [2.24, 2.45) is 0 Å². The number of methoxy groups -OCH3 is 1. The molecule has 0 radical (unpaired) electrons. The van der Waals surface area contributed by atoms with E-state index in [2.05, 4.69) is 25.9 Å². The molecule has 0 atom stereocenters. The average molecular weight is 394 g/mol. The molecule has 0 spiro atoms. The Labute approximate surface area is 170 Å². The monoisotopic (exact) mass is 394 g/mol. The second-order valence-electron chi connectivity index (χ2n) is 6.74. The van der Waals surface area contributed by atoms with Crippen molar-refractivity contribution in [2.75, 3.05) is 25.5 Å². The highest BCUT2D eigenvalue weighted by Gasteiger charge is 2.06. The lowest BCUT2D eigenvalue weighted by atomic mass is 10.1. The van der Waals surface area contributed by atoms with E-state index in [4.69, 9.17) is 4.74 Å². The van der Waals surface area contributed by atoms with Crippen LogP contribution in [0.5, 0.6) is 5.75 Å². The maximum atomic E-state index is 12.0. The topological polar surface area (TPSA) is 94.0 Å². The number of benzene rings is 1. The lowest BCUT2D eigenvalue weighted by molar-refractivity contribution is -0.120. The van der Waals surface area contributed by atoms with Gasteiger partial charge < -0.3 is 15.4 Å². The molecule has 2 N–H and O–H groups in total. The van der Waals surface area contributed by atoms with Crippen LogP contribution in [-0.2, 0) is 11.2 Å². The van der Waals surface area contributed by atoms with Gasteiger partial charge in [-0.15, -0.1) is 10.2 Å². The number of hydrogen-bond acceptors (Lipinski definition) is 6. The maximum Gasteiger partial charge on any atom is 0.220 e. The van der Waals surface area contributed by atoms with Crippen LogP contribution in [0, 0.1) is 13.8 Å². The minimum atomic E-state index is 0.0218. The van der Waals surface area contributed by atoms with Crippen molar-refractivity contribution < 1.29 is 9.53 Å². The van der Waals surface area contributed by atoms with E-state index in [-0.39, 0.29) is 5.91 Å². The molecule has 2 heterocycles.